The molecule has 2 rings (SSSR count). The van der Waals surface area contributed by atoms with Crippen molar-refractivity contribution >= 4 is 22.6 Å². The van der Waals surface area contributed by atoms with Crippen LogP contribution in [0.25, 0.3) is 0 Å². The molecule has 1 heterocycles. The molecule has 0 amide bonds. The van der Waals surface area contributed by atoms with Crippen LogP contribution >= 0.6 is 22.6 Å². The average Bonchev–Trinajstić information content (AvgIpc) is 2.33. The number of nitrogens with one attached hydrogen (secondary N) is 1. The van der Waals surface area contributed by atoms with Gasteiger partial charge in [-0.2, -0.15) is 0 Å². The molecule has 1 aromatic carbocycles. The molecule has 4 heteroatoms. The number of phenolic OH excluding ortho intramolecular Hbond substituents is 1. The molecule has 1 aromatic rings. The summed E-state index contributed by atoms with van der Waals surface area (Å²) in [5, 5.41) is 9.83. The fourth-order valence-electron chi connectivity index (χ4n) is 2.73. The van der Waals surface area contributed by atoms with Crippen LogP contribution in [0.2, 0.25) is 0 Å². The van der Waals surface area contributed by atoms with E-state index in [-0.39, 0.29) is 5.75 Å². The molecule has 0 aliphatic carbocycles. The van der Waals surface area contributed by atoms with Gasteiger partial charge in [-0.25, -0.2) is 0 Å². The maximum atomic E-state index is 9.83. The van der Waals surface area contributed by atoms with Gasteiger partial charge in [0.2, 0.25) is 0 Å². The highest BCUT2D eigenvalue weighted by Gasteiger charge is 2.20. The van der Waals surface area contributed by atoms with Gasteiger partial charge in [0.05, 0.1) is 23.8 Å². The van der Waals surface area contributed by atoms with Gasteiger partial charge in [0, 0.05) is 11.5 Å². The summed E-state index contributed by atoms with van der Waals surface area (Å²) >= 11 is 2.16. The summed E-state index contributed by atoms with van der Waals surface area (Å²) in [7, 11) is 1.60. The van der Waals surface area contributed by atoms with E-state index in [1.54, 1.807) is 12.0 Å². The first-order valence-electron chi connectivity index (χ1n) is 6.49. The maximum Gasteiger partial charge on any atom is 0.171 e. The van der Waals surface area contributed by atoms with E-state index in [1.165, 1.54) is 31.5 Å². The van der Waals surface area contributed by atoms with Crippen molar-refractivity contribution in [2.45, 2.75) is 26.3 Å². The topological polar surface area (TPSA) is 33.9 Å². The molecule has 18 heavy (non-hydrogen) atoms. The standard InChI is InChI=1S/C14H20INO2/c1-10-4-3-5-16(8-10)9-11-6-12(15)14(17)13(7-11)18-2/h6-7,10,17H,3-5,8-9H2,1-2H3/p+1/t10-/m0/s1. The molecule has 1 saturated heterocycles. The van der Waals surface area contributed by atoms with Crippen LogP contribution in [0.4, 0.5) is 0 Å². The average molecular weight is 362 g/mol. The van der Waals surface area contributed by atoms with Crippen LogP contribution in [0.15, 0.2) is 12.1 Å². The molecule has 2 N–H and O–H groups in total. The van der Waals surface area contributed by atoms with Crippen LogP contribution in [0.1, 0.15) is 25.3 Å². The smallest absolute Gasteiger partial charge is 0.171 e. The highest BCUT2D eigenvalue weighted by molar-refractivity contribution is 14.1. The zero-order valence-electron chi connectivity index (χ0n) is 11.0. The van der Waals surface area contributed by atoms with E-state index in [0.717, 1.165) is 16.0 Å². The Morgan fingerprint density at radius 3 is 2.94 bits per heavy atom. The summed E-state index contributed by atoms with van der Waals surface area (Å²) in [5.41, 5.74) is 1.25. The van der Waals surface area contributed by atoms with E-state index in [9.17, 15) is 5.11 Å². The summed E-state index contributed by atoms with van der Waals surface area (Å²) in [4.78, 5) is 1.64. The van der Waals surface area contributed by atoms with Crippen molar-refractivity contribution in [3.8, 4) is 11.5 Å². The molecule has 0 radical (unpaired) electrons. The molecule has 100 valence electrons. The summed E-state index contributed by atoms with van der Waals surface area (Å²) < 4.78 is 6.08. The number of benzene rings is 1. The van der Waals surface area contributed by atoms with Crippen LogP contribution in [0.3, 0.4) is 0 Å². The number of hydrogen-bond acceptors (Lipinski definition) is 2. The molecule has 0 spiro atoms. The summed E-state index contributed by atoms with van der Waals surface area (Å²) in [6, 6.07) is 4.02. The predicted octanol–water partition coefficient (Wildman–Crippen LogP) is 1.82. The summed E-state index contributed by atoms with van der Waals surface area (Å²) in [5.74, 6) is 1.66. The van der Waals surface area contributed by atoms with Gasteiger partial charge in [-0.1, -0.05) is 6.92 Å². The Morgan fingerprint density at radius 1 is 1.50 bits per heavy atom. The Morgan fingerprint density at radius 2 is 2.28 bits per heavy atom. The minimum absolute atomic E-state index is 0.254. The van der Waals surface area contributed by atoms with E-state index in [4.69, 9.17) is 4.74 Å². The fourth-order valence-corrected chi connectivity index (χ4v) is 3.40. The number of aromatic hydroxyl groups is 1. The molecule has 2 atom stereocenters. The number of ether oxygens (including phenoxy) is 1. The second-order valence-electron chi connectivity index (χ2n) is 5.26. The Bertz CT molecular complexity index is 423. The molecule has 1 aliphatic heterocycles. The van der Waals surface area contributed by atoms with Gasteiger partial charge in [0.1, 0.15) is 6.54 Å². The number of likely N-dealkylation sites (tertiary alicyclic amines) is 1. The number of piperidine rings is 1. The molecule has 0 aromatic heterocycles. The number of halogens is 1. The quantitative estimate of drug-likeness (QED) is 0.805. The van der Waals surface area contributed by atoms with Gasteiger partial charge >= 0.3 is 0 Å². The Kier molecular flexibility index (Phi) is 4.72. The lowest BCUT2D eigenvalue weighted by Crippen LogP contribution is -3.12. The largest absolute Gasteiger partial charge is 0.504 e. The molecule has 3 nitrogen and oxygen atoms in total. The highest BCUT2D eigenvalue weighted by atomic mass is 127. The third-order valence-corrected chi connectivity index (χ3v) is 4.45. The lowest BCUT2D eigenvalue weighted by atomic mass is 10.00. The molecule has 1 unspecified atom stereocenters. The first kappa shape index (κ1) is 13.9. The minimum atomic E-state index is 0.254. The number of hydrogen-bond donors (Lipinski definition) is 2. The van der Waals surface area contributed by atoms with Crippen LogP contribution in [0.5, 0.6) is 11.5 Å². The van der Waals surface area contributed by atoms with Crippen LogP contribution in [-0.4, -0.2) is 25.3 Å². The predicted molar refractivity (Wildman–Crippen MR) is 80.2 cm³/mol. The third-order valence-electron chi connectivity index (χ3n) is 3.63. The van der Waals surface area contributed by atoms with Crippen LogP contribution in [0, 0.1) is 9.49 Å². The highest BCUT2D eigenvalue weighted by Crippen LogP contribution is 2.32. The van der Waals surface area contributed by atoms with Crippen LogP contribution in [-0.2, 0) is 6.54 Å². The molecule has 0 bridgehead atoms. The normalized spacial score (nSPS) is 23.9. The number of methoxy groups -OCH3 is 1. The number of quaternary nitrogens is 1. The molecule has 1 fully saturated rings. The Labute approximate surface area is 122 Å². The van der Waals surface area contributed by atoms with E-state index in [0.29, 0.717) is 5.75 Å². The fraction of sp³-hybridized carbons (Fsp3) is 0.571. The Balaban J connectivity index is 2.11. The van der Waals surface area contributed by atoms with E-state index in [1.807, 2.05) is 6.07 Å². The van der Waals surface area contributed by atoms with Gasteiger partial charge in [0.25, 0.3) is 0 Å². The van der Waals surface area contributed by atoms with Gasteiger partial charge in [0.15, 0.2) is 11.5 Å². The Hall–Kier alpha value is -0.490. The summed E-state index contributed by atoms with van der Waals surface area (Å²) in [6.45, 7) is 5.86. The van der Waals surface area contributed by atoms with Crippen molar-refractivity contribution in [1.82, 2.24) is 0 Å². The van der Waals surface area contributed by atoms with Crippen molar-refractivity contribution in [2.75, 3.05) is 20.2 Å². The van der Waals surface area contributed by atoms with Crippen molar-refractivity contribution < 1.29 is 14.7 Å². The van der Waals surface area contributed by atoms with Crippen molar-refractivity contribution in [1.29, 1.82) is 0 Å². The molecular formula is C14H21INO2+. The SMILES string of the molecule is COc1cc(C[NH+]2CCC[C@H](C)C2)cc(I)c1O. The number of rotatable bonds is 3. The van der Waals surface area contributed by atoms with Crippen molar-refractivity contribution in [3.63, 3.8) is 0 Å². The van der Waals surface area contributed by atoms with Crippen LogP contribution < -0.4 is 9.64 Å². The monoisotopic (exact) mass is 362 g/mol. The molecule has 0 saturated carbocycles. The third kappa shape index (κ3) is 3.29. The second-order valence-corrected chi connectivity index (χ2v) is 6.42. The first-order chi connectivity index (χ1) is 8.60. The minimum Gasteiger partial charge on any atom is -0.504 e. The molecular weight excluding hydrogens is 341 g/mol. The number of phenols is 1. The maximum absolute atomic E-state index is 9.83. The summed E-state index contributed by atoms with van der Waals surface area (Å²) in [6.07, 6.45) is 2.68. The van der Waals surface area contributed by atoms with E-state index < -0.39 is 0 Å². The van der Waals surface area contributed by atoms with Gasteiger partial charge < -0.3 is 14.7 Å². The van der Waals surface area contributed by atoms with Crippen molar-refractivity contribution in [2.24, 2.45) is 5.92 Å². The van der Waals surface area contributed by atoms with Gasteiger partial charge in [-0.3, -0.25) is 0 Å². The zero-order chi connectivity index (χ0) is 13.1. The lowest BCUT2D eigenvalue weighted by molar-refractivity contribution is -0.922. The molecule has 1 aliphatic rings. The van der Waals surface area contributed by atoms with Gasteiger partial charge in [-0.05, 0) is 47.6 Å². The van der Waals surface area contributed by atoms with E-state index >= 15 is 0 Å². The van der Waals surface area contributed by atoms with Gasteiger partial charge in [-0.15, -0.1) is 0 Å². The van der Waals surface area contributed by atoms with Crippen molar-refractivity contribution in [3.05, 3.63) is 21.3 Å². The van der Waals surface area contributed by atoms with E-state index in [2.05, 4.69) is 35.6 Å². The first-order valence-corrected chi connectivity index (χ1v) is 7.57. The second kappa shape index (κ2) is 6.10. The zero-order valence-corrected chi connectivity index (χ0v) is 13.2. The lowest BCUT2D eigenvalue weighted by Gasteiger charge is -2.28.